The Morgan fingerprint density at radius 1 is 1.24 bits per heavy atom. The number of ether oxygens (including phenoxy) is 3. The van der Waals surface area contributed by atoms with Crippen LogP contribution in [0.4, 0.5) is 0 Å². The SMILES string of the molecule is C=C1C(=O)O[C@H]2/C=C(\C)[C@@H](OC(C)=O)C/C=C(\C)[C@@H](O)[C@H](OC(=O)/C(C)=C\C)[C@@H]12. The summed E-state index contributed by atoms with van der Waals surface area (Å²) in [6, 6.07) is 0. The van der Waals surface area contributed by atoms with Gasteiger partial charge in [-0.15, -0.1) is 0 Å². The fourth-order valence-corrected chi connectivity index (χ4v) is 3.36. The van der Waals surface area contributed by atoms with Gasteiger partial charge in [0, 0.05) is 24.5 Å². The summed E-state index contributed by atoms with van der Waals surface area (Å²) in [6.45, 7) is 11.9. The monoisotopic (exact) mass is 404 g/mol. The Labute approximate surface area is 170 Å². The largest absolute Gasteiger partial charge is 0.458 e. The molecule has 0 aromatic rings. The molecule has 1 heterocycles. The maximum Gasteiger partial charge on any atom is 0.334 e. The van der Waals surface area contributed by atoms with Crippen molar-refractivity contribution in [1.29, 1.82) is 0 Å². The third-order valence-corrected chi connectivity index (χ3v) is 5.29. The minimum atomic E-state index is -1.19. The van der Waals surface area contributed by atoms with Crippen molar-refractivity contribution in [1.82, 2.24) is 0 Å². The van der Waals surface area contributed by atoms with Gasteiger partial charge in [0.25, 0.3) is 0 Å². The molecule has 1 N–H and O–H groups in total. The van der Waals surface area contributed by atoms with Gasteiger partial charge in [-0.1, -0.05) is 18.7 Å². The summed E-state index contributed by atoms with van der Waals surface area (Å²) in [5.74, 6) is -2.43. The average Bonchev–Trinajstić information content (AvgIpc) is 2.93. The highest BCUT2D eigenvalue weighted by Gasteiger charge is 2.47. The summed E-state index contributed by atoms with van der Waals surface area (Å²) in [5.41, 5.74) is 1.71. The fourth-order valence-electron chi connectivity index (χ4n) is 3.36. The smallest absolute Gasteiger partial charge is 0.334 e. The van der Waals surface area contributed by atoms with E-state index >= 15 is 0 Å². The molecule has 7 nitrogen and oxygen atoms in total. The highest BCUT2D eigenvalue weighted by Crippen LogP contribution is 2.37. The second-order valence-electron chi connectivity index (χ2n) is 7.40. The van der Waals surface area contributed by atoms with Crippen LogP contribution in [0.2, 0.25) is 0 Å². The molecule has 0 saturated carbocycles. The fraction of sp³-hybridized carbons (Fsp3) is 0.500. The Morgan fingerprint density at radius 2 is 1.90 bits per heavy atom. The van der Waals surface area contributed by atoms with Gasteiger partial charge in [-0.25, -0.2) is 9.59 Å². The van der Waals surface area contributed by atoms with Crippen molar-refractivity contribution in [2.75, 3.05) is 0 Å². The maximum absolute atomic E-state index is 12.4. The Bertz CT molecular complexity index is 802. The minimum Gasteiger partial charge on any atom is -0.458 e. The van der Waals surface area contributed by atoms with Crippen LogP contribution >= 0.6 is 0 Å². The molecule has 5 atom stereocenters. The van der Waals surface area contributed by atoms with E-state index < -0.39 is 48.2 Å². The lowest BCUT2D eigenvalue weighted by atomic mass is 9.83. The van der Waals surface area contributed by atoms with Gasteiger partial charge in [0.05, 0.1) is 5.92 Å². The van der Waals surface area contributed by atoms with E-state index in [-0.39, 0.29) is 5.57 Å². The number of fused-ring (bicyclic) bond motifs is 1. The van der Waals surface area contributed by atoms with E-state index in [9.17, 15) is 19.5 Å². The van der Waals surface area contributed by atoms with Crippen molar-refractivity contribution in [3.05, 3.63) is 47.1 Å². The summed E-state index contributed by atoms with van der Waals surface area (Å²) in [5, 5.41) is 10.9. The summed E-state index contributed by atoms with van der Waals surface area (Å²) in [7, 11) is 0. The van der Waals surface area contributed by atoms with E-state index in [4.69, 9.17) is 14.2 Å². The van der Waals surface area contributed by atoms with Crippen molar-refractivity contribution < 1.29 is 33.7 Å². The van der Waals surface area contributed by atoms with Crippen molar-refractivity contribution in [2.45, 2.75) is 65.5 Å². The molecule has 29 heavy (non-hydrogen) atoms. The predicted molar refractivity (Wildman–Crippen MR) is 106 cm³/mol. The first-order valence-electron chi connectivity index (χ1n) is 9.50. The van der Waals surface area contributed by atoms with Gasteiger partial charge < -0.3 is 19.3 Å². The molecule has 0 amide bonds. The van der Waals surface area contributed by atoms with E-state index in [1.165, 1.54) is 6.92 Å². The molecular formula is C22H28O7. The second kappa shape index (κ2) is 9.22. The van der Waals surface area contributed by atoms with E-state index in [0.717, 1.165) is 0 Å². The molecule has 0 unspecified atom stereocenters. The van der Waals surface area contributed by atoms with E-state index in [0.29, 0.717) is 23.1 Å². The summed E-state index contributed by atoms with van der Waals surface area (Å²) < 4.78 is 16.4. The van der Waals surface area contributed by atoms with Gasteiger partial charge in [0.15, 0.2) is 0 Å². The zero-order valence-electron chi connectivity index (χ0n) is 17.4. The minimum absolute atomic E-state index is 0.117. The van der Waals surface area contributed by atoms with Gasteiger partial charge >= 0.3 is 17.9 Å². The van der Waals surface area contributed by atoms with E-state index in [2.05, 4.69) is 6.58 Å². The van der Waals surface area contributed by atoms with Crippen LogP contribution in [0, 0.1) is 5.92 Å². The topological polar surface area (TPSA) is 99.1 Å². The molecule has 1 aliphatic carbocycles. The van der Waals surface area contributed by atoms with Crippen LogP contribution < -0.4 is 0 Å². The van der Waals surface area contributed by atoms with Crippen molar-refractivity contribution in [3.63, 3.8) is 0 Å². The molecule has 1 fully saturated rings. The number of carbonyl (C=O) groups excluding carboxylic acids is 3. The number of aliphatic hydroxyl groups excluding tert-OH is 1. The first kappa shape index (κ1) is 22.6. The lowest BCUT2D eigenvalue weighted by Crippen LogP contribution is -2.43. The lowest BCUT2D eigenvalue weighted by molar-refractivity contribution is -0.153. The summed E-state index contributed by atoms with van der Waals surface area (Å²) in [4.78, 5) is 36.1. The standard InChI is InChI=1S/C22H28O7/c1-7-11(2)21(25)29-20-18-14(5)22(26)28-17(18)10-13(4)16(27-15(6)23)9-8-12(3)19(20)24/h7-8,10,16-20,24H,5,9H2,1-4,6H3/b11-7-,12-8+,13-10+/t16-,17-,18-,19+,20+/m0/s1. The van der Waals surface area contributed by atoms with Crippen LogP contribution in [-0.4, -0.2) is 47.4 Å². The van der Waals surface area contributed by atoms with E-state index in [1.54, 1.807) is 45.9 Å². The van der Waals surface area contributed by atoms with Crippen LogP contribution in [0.15, 0.2) is 47.1 Å². The molecule has 1 saturated heterocycles. The number of hydrogen-bond acceptors (Lipinski definition) is 7. The third-order valence-electron chi connectivity index (χ3n) is 5.29. The molecule has 0 radical (unpaired) electrons. The predicted octanol–water partition coefficient (Wildman–Crippen LogP) is 2.55. The normalized spacial score (nSPS) is 34.1. The second-order valence-corrected chi connectivity index (χ2v) is 7.40. The van der Waals surface area contributed by atoms with Gasteiger partial charge in [0.2, 0.25) is 0 Å². The zero-order chi connectivity index (χ0) is 21.9. The molecule has 2 rings (SSSR count). The molecule has 158 valence electrons. The first-order chi connectivity index (χ1) is 13.6. The van der Waals surface area contributed by atoms with Gasteiger partial charge in [0.1, 0.15) is 24.4 Å². The summed E-state index contributed by atoms with van der Waals surface area (Å²) in [6.07, 6.45) is 1.71. The number of hydrogen-bond donors (Lipinski definition) is 1. The Balaban J connectivity index is 2.52. The Kier molecular flexibility index (Phi) is 7.19. The zero-order valence-corrected chi connectivity index (χ0v) is 17.4. The van der Waals surface area contributed by atoms with Crippen LogP contribution in [0.1, 0.15) is 41.0 Å². The third kappa shape index (κ3) is 5.03. The molecule has 7 heteroatoms. The summed E-state index contributed by atoms with van der Waals surface area (Å²) >= 11 is 0. The molecule has 0 bridgehead atoms. The lowest BCUT2D eigenvalue weighted by Gasteiger charge is -2.32. The Morgan fingerprint density at radius 3 is 2.48 bits per heavy atom. The number of esters is 3. The van der Waals surface area contributed by atoms with Crippen LogP contribution in [0.5, 0.6) is 0 Å². The highest BCUT2D eigenvalue weighted by atomic mass is 16.6. The van der Waals surface area contributed by atoms with E-state index in [1.807, 2.05) is 0 Å². The van der Waals surface area contributed by atoms with Crippen LogP contribution in [-0.2, 0) is 28.6 Å². The highest BCUT2D eigenvalue weighted by molar-refractivity contribution is 5.92. The van der Waals surface area contributed by atoms with Crippen molar-refractivity contribution in [2.24, 2.45) is 5.92 Å². The number of allylic oxidation sites excluding steroid dienone is 1. The van der Waals surface area contributed by atoms with Gasteiger partial charge in [-0.05, 0) is 44.9 Å². The maximum atomic E-state index is 12.4. The molecular weight excluding hydrogens is 376 g/mol. The number of carbonyl (C=O) groups is 3. The van der Waals surface area contributed by atoms with Crippen LogP contribution in [0.25, 0.3) is 0 Å². The van der Waals surface area contributed by atoms with Crippen molar-refractivity contribution >= 4 is 17.9 Å². The molecule has 0 spiro atoms. The molecule has 1 aliphatic heterocycles. The molecule has 2 aliphatic rings. The van der Waals surface area contributed by atoms with Crippen LogP contribution in [0.3, 0.4) is 0 Å². The number of rotatable bonds is 3. The molecule has 0 aromatic heterocycles. The average molecular weight is 404 g/mol. The van der Waals surface area contributed by atoms with Crippen molar-refractivity contribution in [3.8, 4) is 0 Å². The number of aliphatic hydroxyl groups is 1. The Hall–Kier alpha value is -2.67. The van der Waals surface area contributed by atoms with Gasteiger partial charge in [-0.2, -0.15) is 0 Å². The quantitative estimate of drug-likeness (QED) is 0.334. The molecule has 0 aromatic carbocycles. The first-order valence-corrected chi connectivity index (χ1v) is 9.50. The van der Waals surface area contributed by atoms with Gasteiger partial charge in [-0.3, -0.25) is 4.79 Å².